The number of aryl methyl sites for hydroxylation is 1. The molecule has 0 aliphatic rings. The predicted molar refractivity (Wildman–Crippen MR) is 108 cm³/mol. The Kier molecular flexibility index (Phi) is 9.18. The van der Waals surface area contributed by atoms with Crippen LogP contribution >= 0.6 is 0 Å². The highest BCUT2D eigenvalue weighted by atomic mass is 16.5. The Morgan fingerprint density at radius 2 is 1.44 bits per heavy atom. The molecular weight excluding hydrogens is 304 g/mol. The molecule has 0 spiro atoms. The van der Waals surface area contributed by atoms with Gasteiger partial charge in [-0.3, -0.25) is 0 Å². The van der Waals surface area contributed by atoms with Gasteiger partial charge in [-0.15, -0.1) is 0 Å². The van der Waals surface area contributed by atoms with E-state index in [4.69, 9.17) is 4.74 Å². The van der Waals surface area contributed by atoms with Crippen molar-refractivity contribution in [2.75, 3.05) is 7.11 Å². The van der Waals surface area contributed by atoms with E-state index in [1.54, 1.807) is 7.11 Å². The van der Waals surface area contributed by atoms with Crippen LogP contribution in [0.4, 0.5) is 0 Å². The molecule has 0 N–H and O–H groups in total. The zero-order chi connectivity index (χ0) is 17.7. The Hall–Kier alpha value is -1.76. The molecule has 136 valence electrons. The maximum Gasteiger partial charge on any atom is 0.118 e. The predicted octanol–water partition coefficient (Wildman–Crippen LogP) is 7.16. The lowest BCUT2D eigenvalue weighted by Gasteiger charge is -2.17. The van der Waals surface area contributed by atoms with Crippen molar-refractivity contribution in [3.8, 4) is 5.75 Å². The average Bonchev–Trinajstić information content (AvgIpc) is 2.68. The van der Waals surface area contributed by atoms with Crippen LogP contribution in [0.25, 0.3) is 0 Å². The Bertz CT molecular complexity index is 558. The number of unbranched alkanes of at least 4 members (excludes halogenated alkanes) is 4. The van der Waals surface area contributed by atoms with E-state index < -0.39 is 0 Å². The number of hydrogen-bond acceptors (Lipinski definition) is 1. The first-order valence-electron chi connectivity index (χ1n) is 10.0. The van der Waals surface area contributed by atoms with E-state index in [0.29, 0.717) is 0 Å². The molecule has 1 heteroatoms. The Morgan fingerprint density at radius 1 is 0.760 bits per heavy atom. The fraction of sp³-hybridized carbons (Fsp3) is 0.500. The van der Waals surface area contributed by atoms with Gasteiger partial charge in [-0.1, -0.05) is 81.5 Å². The summed E-state index contributed by atoms with van der Waals surface area (Å²) in [4.78, 5) is 0. The molecular formula is C24H34O. The lowest BCUT2D eigenvalue weighted by Crippen LogP contribution is -2.00. The van der Waals surface area contributed by atoms with E-state index in [9.17, 15) is 0 Å². The summed E-state index contributed by atoms with van der Waals surface area (Å²) in [6, 6.07) is 19.6. The zero-order valence-corrected chi connectivity index (χ0v) is 16.0. The van der Waals surface area contributed by atoms with Crippen molar-refractivity contribution in [3.63, 3.8) is 0 Å². The van der Waals surface area contributed by atoms with Gasteiger partial charge in [-0.2, -0.15) is 0 Å². The molecule has 1 nitrogen and oxygen atoms in total. The van der Waals surface area contributed by atoms with Gasteiger partial charge in [0.2, 0.25) is 0 Å². The smallest absolute Gasteiger partial charge is 0.118 e. The maximum atomic E-state index is 5.23. The largest absolute Gasteiger partial charge is 0.497 e. The summed E-state index contributed by atoms with van der Waals surface area (Å²) in [6.07, 6.45) is 11.8. The number of ether oxygens (including phenoxy) is 1. The van der Waals surface area contributed by atoms with Gasteiger partial charge in [0.1, 0.15) is 5.75 Å². The molecule has 1 unspecified atom stereocenters. The van der Waals surface area contributed by atoms with Gasteiger partial charge in [-0.05, 0) is 54.9 Å². The molecule has 0 radical (unpaired) electrons. The van der Waals surface area contributed by atoms with Crippen LogP contribution < -0.4 is 4.74 Å². The van der Waals surface area contributed by atoms with Gasteiger partial charge in [0.25, 0.3) is 0 Å². The molecule has 0 aromatic heterocycles. The molecule has 0 aliphatic heterocycles. The van der Waals surface area contributed by atoms with Crippen molar-refractivity contribution in [2.24, 2.45) is 0 Å². The molecule has 0 bridgehead atoms. The van der Waals surface area contributed by atoms with E-state index in [0.717, 1.165) is 11.7 Å². The molecule has 1 atom stereocenters. The molecule has 25 heavy (non-hydrogen) atoms. The van der Waals surface area contributed by atoms with Crippen LogP contribution in [0.15, 0.2) is 54.6 Å². The average molecular weight is 339 g/mol. The van der Waals surface area contributed by atoms with Gasteiger partial charge in [-0.25, -0.2) is 0 Å². The third kappa shape index (κ3) is 7.34. The molecule has 0 saturated heterocycles. The first-order valence-corrected chi connectivity index (χ1v) is 10.0. The Morgan fingerprint density at radius 3 is 2.08 bits per heavy atom. The summed E-state index contributed by atoms with van der Waals surface area (Å²) < 4.78 is 5.23. The number of methoxy groups -OCH3 is 1. The van der Waals surface area contributed by atoms with Crippen molar-refractivity contribution in [3.05, 3.63) is 65.7 Å². The highest BCUT2D eigenvalue weighted by Gasteiger charge is 2.10. The fourth-order valence-electron chi connectivity index (χ4n) is 3.53. The topological polar surface area (TPSA) is 9.23 Å². The van der Waals surface area contributed by atoms with Gasteiger partial charge >= 0.3 is 0 Å². The van der Waals surface area contributed by atoms with Crippen molar-refractivity contribution in [1.82, 2.24) is 0 Å². The summed E-state index contributed by atoms with van der Waals surface area (Å²) in [5.41, 5.74) is 2.95. The van der Waals surface area contributed by atoms with E-state index in [1.165, 1.54) is 68.9 Å². The van der Waals surface area contributed by atoms with Gasteiger partial charge in [0, 0.05) is 0 Å². The van der Waals surface area contributed by atoms with E-state index in [2.05, 4.69) is 61.5 Å². The number of hydrogen-bond donors (Lipinski definition) is 0. The highest BCUT2D eigenvalue weighted by Crippen LogP contribution is 2.28. The van der Waals surface area contributed by atoms with Crippen LogP contribution in [0.1, 0.15) is 75.3 Å². The number of benzene rings is 2. The van der Waals surface area contributed by atoms with E-state index in [1.807, 2.05) is 0 Å². The SMILES string of the molecule is CCCCCCC(CCCCc1ccc(OC)cc1)c1ccccc1. The van der Waals surface area contributed by atoms with Crippen molar-refractivity contribution in [2.45, 2.75) is 70.6 Å². The van der Waals surface area contributed by atoms with E-state index >= 15 is 0 Å². The zero-order valence-electron chi connectivity index (χ0n) is 16.0. The molecule has 0 amide bonds. The van der Waals surface area contributed by atoms with Crippen LogP contribution in [0, 0.1) is 0 Å². The lowest BCUT2D eigenvalue weighted by atomic mass is 9.88. The maximum absolute atomic E-state index is 5.23. The minimum atomic E-state index is 0.730. The Balaban J connectivity index is 1.77. The summed E-state index contributed by atoms with van der Waals surface area (Å²) in [5.74, 6) is 1.67. The van der Waals surface area contributed by atoms with Crippen molar-refractivity contribution >= 4 is 0 Å². The molecule has 2 rings (SSSR count). The molecule has 0 fully saturated rings. The number of rotatable bonds is 12. The second-order valence-corrected chi connectivity index (χ2v) is 7.05. The first-order chi connectivity index (χ1) is 12.3. The van der Waals surface area contributed by atoms with Gasteiger partial charge < -0.3 is 4.74 Å². The summed E-state index contributed by atoms with van der Waals surface area (Å²) in [6.45, 7) is 2.29. The van der Waals surface area contributed by atoms with Crippen molar-refractivity contribution in [1.29, 1.82) is 0 Å². The summed E-state index contributed by atoms with van der Waals surface area (Å²) >= 11 is 0. The summed E-state index contributed by atoms with van der Waals surface area (Å²) in [7, 11) is 1.72. The quantitative estimate of drug-likeness (QED) is 0.373. The second kappa shape index (κ2) is 11.7. The molecule has 0 heterocycles. The third-order valence-corrected chi connectivity index (χ3v) is 5.10. The van der Waals surface area contributed by atoms with Crippen LogP contribution in [0.5, 0.6) is 5.75 Å². The van der Waals surface area contributed by atoms with Crippen LogP contribution in [-0.4, -0.2) is 7.11 Å². The first kappa shape index (κ1) is 19.6. The van der Waals surface area contributed by atoms with E-state index in [-0.39, 0.29) is 0 Å². The highest BCUT2D eigenvalue weighted by molar-refractivity contribution is 5.27. The van der Waals surface area contributed by atoms with Gasteiger partial charge in [0.15, 0.2) is 0 Å². The monoisotopic (exact) mass is 338 g/mol. The molecule has 2 aromatic rings. The lowest BCUT2D eigenvalue weighted by molar-refractivity contribution is 0.414. The fourth-order valence-corrected chi connectivity index (χ4v) is 3.53. The Labute approximate surface area is 154 Å². The van der Waals surface area contributed by atoms with Crippen molar-refractivity contribution < 1.29 is 4.74 Å². The third-order valence-electron chi connectivity index (χ3n) is 5.10. The second-order valence-electron chi connectivity index (χ2n) is 7.05. The van der Waals surface area contributed by atoms with Gasteiger partial charge in [0.05, 0.1) is 7.11 Å². The molecule has 0 saturated carbocycles. The standard InChI is InChI=1S/C24H34O/c1-3-4-5-7-13-23(22-14-8-6-9-15-22)16-11-10-12-21-17-19-24(25-2)20-18-21/h6,8-9,14-15,17-20,23H,3-5,7,10-13,16H2,1-2H3. The molecule has 2 aromatic carbocycles. The van der Waals surface area contributed by atoms with Crippen LogP contribution in [0.3, 0.4) is 0 Å². The van der Waals surface area contributed by atoms with Crippen LogP contribution in [-0.2, 0) is 6.42 Å². The minimum Gasteiger partial charge on any atom is -0.497 e. The van der Waals surface area contributed by atoms with Crippen LogP contribution in [0.2, 0.25) is 0 Å². The minimum absolute atomic E-state index is 0.730. The summed E-state index contributed by atoms with van der Waals surface area (Å²) in [5, 5.41) is 0. The normalized spacial score (nSPS) is 12.1. The molecule has 0 aliphatic carbocycles.